The highest BCUT2D eigenvalue weighted by Gasteiger charge is 1.82. The van der Waals surface area contributed by atoms with Gasteiger partial charge in [-0.2, -0.15) is 0 Å². The molecule has 0 saturated heterocycles. The van der Waals surface area contributed by atoms with Crippen molar-refractivity contribution in [3.63, 3.8) is 0 Å². The normalized spacial score (nSPS) is 10.8. The van der Waals surface area contributed by atoms with Crippen LogP contribution in [0.25, 0.3) is 6.08 Å². The minimum Gasteiger partial charge on any atom is -0.0839 e. The second-order valence-corrected chi connectivity index (χ2v) is 2.81. The maximum absolute atomic E-state index is 3.80. The van der Waals surface area contributed by atoms with Crippen LogP contribution in [0.5, 0.6) is 0 Å². The third-order valence-electron chi connectivity index (χ3n) is 1.73. The molecule has 63 valence electrons. The molecule has 0 aliphatic heterocycles. The molecule has 0 fully saturated rings. The Morgan fingerprint density at radius 3 is 2.58 bits per heavy atom. The van der Waals surface area contributed by atoms with Crippen molar-refractivity contribution in [2.24, 2.45) is 0 Å². The number of allylic oxidation sites excluding steroid dienone is 1. The summed E-state index contributed by atoms with van der Waals surface area (Å²) < 4.78 is 0. The van der Waals surface area contributed by atoms with E-state index in [9.17, 15) is 0 Å². The van der Waals surface area contributed by atoms with Gasteiger partial charge in [0.05, 0.1) is 0 Å². The van der Waals surface area contributed by atoms with Crippen molar-refractivity contribution in [3.8, 4) is 0 Å². The van der Waals surface area contributed by atoms with E-state index < -0.39 is 0 Å². The Morgan fingerprint density at radius 1 is 1.17 bits per heavy atom. The van der Waals surface area contributed by atoms with Crippen LogP contribution in [0, 0.1) is 6.92 Å². The van der Waals surface area contributed by atoms with Gasteiger partial charge in [-0.25, -0.2) is 0 Å². The maximum atomic E-state index is 3.80. The van der Waals surface area contributed by atoms with Crippen LogP contribution >= 0.6 is 0 Å². The van der Waals surface area contributed by atoms with E-state index in [2.05, 4.69) is 43.3 Å². The van der Waals surface area contributed by atoms with E-state index in [1.165, 1.54) is 12.0 Å². The van der Waals surface area contributed by atoms with E-state index in [0.29, 0.717) is 0 Å². The van der Waals surface area contributed by atoms with E-state index >= 15 is 0 Å². The first-order valence-electron chi connectivity index (χ1n) is 4.44. The lowest BCUT2D eigenvalue weighted by Crippen LogP contribution is -1.70. The Bertz CT molecular complexity index is 221. The monoisotopic (exact) mass is 159 g/mol. The van der Waals surface area contributed by atoms with Crippen LogP contribution in [0.4, 0.5) is 0 Å². The van der Waals surface area contributed by atoms with Crippen LogP contribution in [-0.4, -0.2) is 0 Å². The quantitative estimate of drug-likeness (QED) is 0.587. The van der Waals surface area contributed by atoms with Crippen molar-refractivity contribution in [1.82, 2.24) is 0 Å². The highest BCUT2D eigenvalue weighted by atomic mass is 13.9. The second kappa shape index (κ2) is 5.59. The summed E-state index contributed by atoms with van der Waals surface area (Å²) in [4.78, 5) is 0. The zero-order valence-corrected chi connectivity index (χ0v) is 7.37. The summed E-state index contributed by atoms with van der Waals surface area (Å²) in [5.74, 6) is 0. The van der Waals surface area contributed by atoms with Crippen molar-refractivity contribution >= 4 is 6.08 Å². The smallest absolute Gasteiger partial charge is 0.0260 e. The van der Waals surface area contributed by atoms with Gasteiger partial charge in [0.1, 0.15) is 0 Å². The zero-order valence-electron chi connectivity index (χ0n) is 7.37. The lowest BCUT2D eigenvalue weighted by molar-refractivity contribution is 0.868. The summed E-state index contributed by atoms with van der Waals surface area (Å²) in [6.07, 6.45) is 7.72. The summed E-state index contributed by atoms with van der Waals surface area (Å²) in [7, 11) is 0. The first kappa shape index (κ1) is 9.05. The molecule has 1 aromatic carbocycles. The van der Waals surface area contributed by atoms with E-state index in [0.717, 1.165) is 12.8 Å². The number of rotatable bonds is 4. The highest BCUT2D eigenvalue weighted by Crippen LogP contribution is 2.03. The molecule has 0 aliphatic carbocycles. The standard InChI is InChI=1S/C12H15/c1-2-3-4-6-9-12-10-7-5-8-11-12/h5-11H,1-4H2/b9-6+. The Labute approximate surface area is 74.9 Å². The van der Waals surface area contributed by atoms with E-state index in [1.54, 1.807) is 0 Å². The first-order chi connectivity index (χ1) is 5.93. The van der Waals surface area contributed by atoms with Crippen LogP contribution in [-0.2, 0) is 0 Å². The fourth-order valence-corrected chi connectivity index (χ4v) is 1.05. The van der Waals surface area contributed by atoms with Gasteiger partial charge >= 0.3 is 0 Å². The number of benzene rings is 1. The van der Waals surface area contributed by atoms with Crippen LogP contribution in [0.15, 0.2) is 36.4 Å². The summed E-state index contributed by atoms with van der Waals surface area (Å²) in [6, 6.07) is 10.4. The van der Waals surface area contributed by atoms with Crippen molar-refractivity contribution in [2.45, 2.75) is 19.3 Å². The molecule has 1 radical (unpaired) electrons. The molecule has 0 bridgehead atoms. The van der Waals surface area contributed by atoms with Gasteiger partial charge in [-0.05, 0) is 18.4 Å². The molecule has 12 heavy (non-hydrogen) atoms. The average molecular weight is 159 g/mol. The van der Waals surface area contributed by atoms with Gasteiger partial charge in [-0.15, -0.1) is 0 Å². The topological polar surface area (TPSA) is 0 Å². The Balaban J connectivity index is 2.36. The third-order valence-corrected chi connectivity index (χ3v) is 1.73. The van der Waals surface area contributed by atoms with Crippen LogP contribution in [0.1, 0.15) is 24.8 Å². The minimum absolute atomic E-state index is 1.03. The Morgan fingerprint density at radius 2 is 1.92 bits per heavy atom. The third kappa shape index (κ3) is 3.38. The molecule has 0 nitrogen and oxygen atoms in total. The molecule has 0 unspecified atom stereocenters. The minimum atomic E-state index is 1.03. The van der Waals surface area contributed by atoms with Crippen molar-refractivity contribution in [2.75, 3.05) is 0 Å². The summed E-state index contributed by atoms with van der Waals surface area (Å²) >= 11 is 0. The van der Waals surface area contributed by atoms with Gasteiger partial charge in [0.15, 0.2) is 0 Å². The van der Waals surface area contributed by atoms with Gasteiger partial charge < -0.3 is 0 Å². The predicted molar refractivity (Wildman–Crippen MR) is 54.7 cm³/mol. The molecular formula is C12H15. The molecule has 0 atom stereocenters. The lowest BCUT2D eigenvalue weighted by atomic mass is 10.2. The summed E-state index contributed by atoms with van der Waals surface area (Å²) in [5, 5.41) is 0. The molecule has 1 aromatic rings. The second-order valence-electron chi connectivity index (χ2n) is 2.81. The lowest BCUT2D eigenvalue weighted by Gasteiger charge is -1.91. The fourth-order valence-electron chi connectivity index (χ4n) is 1.05. The summed E-state index contributed by atoms with van der Waals surface area (Å²) in [6.45, 7) is 3.80. The highest BCUT2D eigenvalue weighted by molar-refractivity contribution is 5.48. The van der Waals surface area contributed by atoms with Crippen molar-refractivity contribution in [3.05, 3.63) is 48.9 Å². The summed E-state index contributed by atoms with van der Waals surface area (Å²) in [5.41, 5.74) is 1.28. The van der Waals surface area contributed by atoms with Gasteiger partial charge in [0.2, 0.25) is 0 Å². The Kier molecular flexibility index (Phi) is 4.22. The van der Waals surface area contributed by atoms with E-state index in [-0.39, 0.29) is 0 Å². The molecule has 1 rings (SSSR count). The van der Waals surface area contributed by atoms with Gasteiger partial charge in [-0.1, -0.05) is 55.8 Å². The molecule has 0 amide bonds. The number of hydrogen-bond donors (Lipinski definition) is 0. The largest absolute Gasteiger partial charge is 0.0839 e. The molecule has 0 spiro atoms. The number of unbranched alkanes of at least 4 members (excludes halogenated alkanes) is 2. The number of hydrogen-bond acceptors (Lipinski definition) is 0. The first-order valence-corrected chi connectivity index (χ1v) is 4.44. The molecule has 0 aromatic heterocycles. The van der Waals surface area contributed by atoms with Crippen molar-refractivity contribution < 1.29 is 0 Å². The van der Waals surface area contributed by atoms with Gasteiger partial charge in [-0.3, -0.25) is 0 Å². The molecule has 0 heteroatoms. The maximum Gasteiger partial charge on any atom is -0.0260 e. The van der Waals surface area contributed by atoms with Gasteiger partial charge in [0, 0.05) is 0 Å². The molecule has 0 saturated carbocycles. The average Bonchev–Trinajstić information content (AvgIpc) is 2.14. The van der Waals surface area contributed by atoms with E-state index in [1.807, 2.05) is 6.07 Å². The van der Waals surface area contributed by atoms with E-state index in [4.69, 9.17) is 0 Å². The molecule has 0 N–H and O–H groups in total. The fraction of sp³-hybridized carbons (Fsp3) is 0.250. The van der Waals surface area contributed by atoms with Crippen molar-refractivity contribution in [1.29, 1.82) is 0 Å². The van der Waals surface area contributed by atoms with Gasteiger partial charge in [0.25, 0.3) is 0 Å². The Hall–Kier alpha value is -1.04. The predicted octanol–water partition coefficient (Wildman–Crippen LogP) is 3.70. The van der Waals surface area contributed by atoms with Crippen LogP contribution in [0.2, 0.25) is 0 Å². The molecule has 0 aliphatic rings. The zero-order chi connectivity index (χ0) is 8.65. The SMILES string of the molecule is [CH2]CCC/C=C/c1ccccc1. The molecular weight excluding hydrogens is 144 g/mol. The van der Waals surface area contributed by atoms with Crippen LogP contribution in [0.3, 0.4) is 0 Å². The van der Waals surface area contributed by atoms with Crippen LogP contribution < -0.4 is 0 Å². The molecule has 0 heterocycles.